The van der Waals surface area contributed by atoms with Crippen LogP contribution in [0.25, 0.3) is 6.08 Å². The van der Waals surface area contributed by atoms with E-state index in [9.17, 15) is 9.90 Å². The van der Waals surface area contributed by atoms with Gasteiger partial charge in [0, 0.05) is 4.47 Å². The molecule has 1 N–H and O–H groups in total. The second-order valence-corrected chi connectivity index (χ2v) is 6.26. The van der Waals surface area contributed by atoms with Crippen LogP contribution in [0.15, 0.2) is 34.8 Å². The van der Waals surface area contributed by atoms with Crippen LogP contribution in [0.2, 0.25) is 5.02 Å². The van der Waals surface area contributed by atoms with Crippen molar-refractivity contribution in [1.29, 1.82) is 0 Å². The van der Waals surface area contributed by atoms with Crippen LogP contribution in [0.1, 0.15) is 15.9 Å². The van der Waals surface area contributed by atoms with E-state index in [-0.39, 0.29) is 16.3 Å². The molecule has 0 aliphatic rings. The molecule has 0 aliphatic heterocycles. The highest BCUT2D eigenvalue weighted by Crippen LogP contribution is 2.38. The average Bonchev–Trinajstić information content (AvgIpc) is 2.61. The van der Waals surface area contributed by atoms with Crippen LogP contribution < -0.4 is 14.2 Å². The van der Waals surface area contributed by atoms with E-state index in [0.29, 0.717) is 27.3 Å². The standard InChI is InChI=1S/C18H16BrClO5/c1-23-15-6-10(7-16(24-2)18(15)25-3)4-5-14(21)12-8-11(19)9-13(20)17(12)22/h4-9,22H,1-3H3/b5-4+. The molecule has 0 spiro atoms. The SMILES string of the molecule is COc1cc(/C=C/C(=O)c2cc(Br)cc(Cl)c2O)cc(OC)c1OC. The number of ketones is 1. The normalized spacial score (nSPS) is 10.8. The maximum atomic E-state index is 12.4. The van der Waals surface area contributed by atoms with Crippen LogP contribution in [0.3, 0.4) is 0 Å². The van der Waals surface area contributed by atoms with Crippen molar-refractivity contribution in [2.45, 2.75) is 0 Å². The number of rotatable bonds is 6. The number of hydrogen-bond donors (Lipinski definition) is 1. The van der Waals surface area contributed by atoms with Gasteiger partial charge in [-0.1, -0.05) is 33.6 Å². The fraction of sp³-hybridized carbons (Fsp3) is 0.167. The largest absolute Gasteiger partial charge is 0.506 e. The van der Waals surface area contributed by atoms with Crippen LogP contribution in [0, 0.1) is 0 Å². The van der Waals surface area contributed by atoms with Gasteiger partial charge in [0.05, 0.1) is 31.9 Å². The summed E-state index contributed by atoms with van der Waals surface area (Å²) < 4.78 is 16.4. The Morgan fingerprint density at radius 1 is 1.08 bits per heavy atom. The molecule has 2 aromatic rings. The highest BCUT2D eigenvalue weighted by molar-refractivity contribution is 9.10. The quantitative estimate of drug-likeness (QED) is 0.533. The molecule has 5 nitrogen and oxygen atoms in total. The molecule has 0 unspecified atom stereocenters. The summed E-state index contributed by atoms with van der Waals surface area (Å²) in [7, 11) is 4.54. The molecule has 25 heavy (non-hydrogen) atoms. The lowest BCUT2D eigenvalue weighted by atomic mass is 10.1. The first-order valence-corrected chi connectivity index (χ1v) is 8.28. The van der Waals surface area contributed by atoms with Gasteiger partial charge in [0.1, 0.15) is 5.75 Å². The molecule has 2 rings (SSSR count). The van der Waals surface area contributed by atoms with Gasteiger partial charge >= 0.3 is 0 Å². The van der Waals surface area contributed by atoms with E-state index in [1.807, 2.05) is 0 Å². The van der Waals surface area contributed by atoms with Gasteiger partial charge in [-0.25, -0.2) is 0 Å². The summed E-state index contributed by atoms with van der Waals surface area (Å²) in [6.07, 6.45) is 2.92. The monoisotopic (exact) mass is 426 g/mol. The number of ether oxygens (including phenoxy) is 3. The van der Waals surface area contributed by atoms with Crippen molar-refractivity contribution in [3.8, 4) is 23.0 Å². The molecule has 0 saturated heterocycles. The third kappa shape index (κ3) is 4.27. The predicted octanol–water partition coefficient (Wildman–Crippen LogP) is 4.73. The van der Waals surface area contributed by atoms with Gasteiger partial charge in [0.2, 0.25) is 5.75 Å². The zero-order valence-corrected chi connectivity index (χ0v) is 16.1. The minimum atomic E-state index is -0.394. The lowest BCUT2D eigenvalue weighted by Gasteiger charge is -2.12. The fourth-order valence-electron chi connectivity index (χ4n) is 2.21. The Morgan fingerprint density at radius 2 is 1.68 bits per heavy atom. The summed E-state index contributed by atoms with van der Waals surface area (Å²) >= 11 is 9.14. The number of allylic oxidation sites excluding steroid dienone is 1. The van der Waals surface area contributed by atoms with Crippen molar-refractivity contribution in [2.75, 3.05) is 21.3 Å². The number of benzene rings is 2. The topological polar surface area (TPSA) is 65.0 Å². The summed E-state index contributed by atoms with van der Waals surface area (Å²) in [6.45, 7) is 0. The first-order chi connectivity index (χ1) is 11.9. The van der Waals surface area contributed by atoms with E-state index in [0.717, 1.165) is 0 Å². The number of carbonyl (C=O) groups is 1. The smallest absolute Gasteiger partial charge is 0.203 e. The first-order valence-electron chi connectivity index (χ1n) is 7.11. The third-order valence-electron chi connectivity index (χ3n) is 3.41. The molecule has 0 aromatic heterocycles. The maximum absolute atomic E-state index is 12.4. The highest BCUT2D eigenvalue weighted by Gasteiger charge is 2.14. The maximum Gasteiger partial charge on any atom is 0.203 e. The van der Waals surface area contributed by atoms with Crippen molar-refractivity contribution >= 4 is 39.4 Å². The zero-order valence-electron chi connectivity index (χ0n) is 13.8. The number of hydrogen-bond acceptors (Lipinski definition) is 5. The van der Waals surface area contributed by atoms with Gasteiger partial charge in [-0.2, -0.15) is 0 Å². The van der Waals surface area contributed by atoms with Crippen molar-refractivity contribution < 1.29 is 24.1 Å². The lowest BCUT2D eigenvalue weighted by Crippen LogP contribution is -1.97. The Labute approximate surface area is 158 Å². The molecule has 0 bridgehead atoms. The number of phenols is 1. The molecule has 0 atom stereocenters. The van der Waals surface area contributed by atoms with Crippen LogP contribution >= 0.6 is 27.5 Å². The Hall–Kier alpha value is -2.18. The van der Waals surface area contributed by atoms with E-state index in [1.54, 1.807) is 18.2 Å². The number of phenolic OH excluding ortho intramolecular Hbond substituents is 1. The Balaban J connectivity index is 2.38. The van der Waals surface area contributed by atoms with Crippen LogP contribution in [-0.4, -0.2) is 32.2 Å². The van der Waals surface area contributed by atoms with Crippen molar-refractivity contribution in [2.24, 2.45) is 0 Å². The van der Waals surface area contributed by atoms with Crippen LogP contribution in [0.5, 0.6) is 23.0 Å². The van der Waals surface area contributed by atoms with E-state index < -0.39 is 5.78 Å². The lowest BCUT2D eigenvalue weighted by molar-refractivity contribution is 0.104. The van der Waals surface area contributed by atoms with Crippen molar-refractivity contribution in [1.82, 2.24) is 0 Å². The molecule has 0 heterocycles. The molecule has 0 saturated carbocycles. The van der Waals surface area contributed by atoms with Crippen molar-refractivity contribution in [3.63, 3.8) is 0 Å². The van der Waals surface area contributed by atoms with E-state index in [4.69, 9.17) is 25.8 Å². The van der Waals surface area contributed by atoms with Gasteiger partial charge in [-0.3, -0.25) is 4.79 Å². The van der Waals surface area contributed by atoms with E-state index >= 15 is 0 Å². The molecular weight excluding hydrogens is 412 g/mol. The van der Waals surface area contributed by atoms with Gasteiger partial charge < -0.3 is 19.3 Å². The molecule has 0 fully saturated rings. The second-order valence-electron chi connectivity index (χ2n) is 4.94. The number of aromatic hydroxyl groups is 1. The van der Waals surface area contributed by atoms with Crippen LogP contribution in [-0.2, 0) is 0 Å². The Kier molecular flexibility index (Phi) is 6.33. The average molecular weight is 428 g/mol. The van der Waals surface area contributed by atoms with Gasteiger partial charge in [0.15, 0.2) is 17.3 Å². The fourth-order valence-corrected chi connectivity index (χ4v) is 3.02. The highest BCUT2D eigenvalue weighted by atomic mass is 79.9. The Bertz CT molecular complexity index is 807. The number of halogens is 2. The van der Waals surface area contributed by atoms with Gasteiger partial charge in [0.25, 0.3) is 0 Å². The van der Waals surface area contributed by atoms with E-state index in [1.165, 1.54) is 39.5 Å². The number of methoxy groups -OCH3 is 3. The first kappa shape index (κ1) is 19.1. The summed E-state index contributed by atoms with van der Waals surface area (Å²) in [4.78, 5) is 12.4. The minimum absolute atomic E-state index is 0.0962. The molecule has 132 valence electrons. The molecular formula is C18H16BrClO5. The Morgan fingerprint density at radius 3 is 2.20 bits per heavy atom. The van der Waals surface area contributed by atoms with E-state index in [2.05, 4.69) is 15.9 Å². The van der Waals surface area contributed by atoms with Crippen LogP contribution in [0.4, 0.5) is 0 Å². The summed E-state index contributed by atoms with van der Waals surface area (Å²) in [5, 5.41) is 10.1. The predicted molar refractivity (Wildman–Crippen MR) is 100 cm³/mol. The molecule has 7 heteroatoms. The second kappa shape index (κ2) is 8.27. The number of carbonyl (C=O) groups excluding carboxylic acids is 1. The summed E-state index contributed by atoms with van der Waals surface area (Å²) in [5.74, 6) is 0.758. The summed E-state index contributed by atoms with van der Waals surface area (Å²) in [6, 6.07) is 6.43. The summed E-state index contributed by atoms with van der Waals surface area (Å²) in [5.41, 5.74) is 0.770. The minimum Gasteiger partial charge on any atom is -0.506 e. The van der Waals surface area contributed by atoms with Gasteiger partial charge in [-0.15, -0.1) is 0 Å². The van der Waals surface area contributed by atoms with Gasteiger partial charge in [-0.05, 0) is 35.9 Å². The third-order valence-corrected chi connectivity index (χ3v) is 4.15. The molecule has 2 aromatic carbocycles. The molecule has 0 radical (unpaired) electrons. The molecule has 0 aliphatic carbocycles. The molecule has 0 amide bonds. The zero-order chi connectivity index (χ0) is 18.6. The van der Waals surface area contributed by atoms with Crippen molar-refractivity contribution in [3.05, 3.63) is 51.0 Å².